The van der Waals surface area contributed by atoms with Gasteiger partial charge in [-0.05, 0) is 25.1 Å². The summed E-state index contributed by atoms with van der Waals surface area (Å²) in [6.45, 7) is 1.41. The van der Waals surface area contributed by atoms with Crippen molar-refractivity contribution in [3.8, 4) is 0 Å². The van der Waals surface area contributed by atoms with Crippen LogP contribution in [0.25, 0.3) is 0 Å². The molecule has 0 bridgehead atoms. The van der Waals surface area contributed by atoms with Crippen LogP contribution in [0.15, 0.2) is 35.2 Å². The summed E-state index contributed by atoms with van der Waals surface area (Å²) in [7, 11) is -4.42. The van der Waals surface area contributed by atoms with Crippen LogP contribution in [0, 0.1) is 34.5 Å². The first-order valence-electron chi connectivity index (χ1n) is 6.05. The molecule has 6 nitrogen and oxygen atoms in total. The first-order valence-corrected chi connectivity index (χ1v) is 7.53. The van der Waals surface area contributed by atoms with Gasteiger partial charge in [0.15, 0.2) is 17.5 Å². The SMILES string of the molecule is Cc1ccc(S(=O)(=O)Nc2ccc(F)c(F)c2F)cc1[N+](=O)[O-]. The van der Waals surface area contributed by atoms with Crippen LogP contribution in [0.3, 0.4) is 0 Å². The Bertz CT molecular complexity index is 900. The van der Waals surface area contributed by atoms with Crippen molar-refractivity contribution in [3.63, 3.8) is 0 Å². The summed E-state index contributed by atoms with van der Waals surface area (Å²) in [5.41, 5.74) is -1.03. The first kappa shape index (κ1) is 16.7. The maximum atomic E-state index is 13.5. The molecule has 0 aliphatic carbocycles. The minimum absolute atomic E-state index is 0.230. The van der Waals surface area contributed by atoms with E-state index < -0.39 is 48.7 Å². The monoisotopic (exact) mass is 346 g/mol. The van der Waals surface area contributed by atoms with Gasteiger partial charge in [0.2, 0.25) is 0 Å². The van der Waals surface area contributed by atoms with Crippen molar-refractivity contribution in [2.45, 2.75) is 11.8 Å². The Hall–Kier alpha value is -2.62. The van der Waals surface area contributed by atoms with E-state index in [1.807, 2.05) is 0 Å². The smallest absolute Gasteiger partial charge is 0.273 e. The Morgan fingerprint density at radius 2 is 1.74 bits per heavy atom. The second-order valence-electron chi connectivity index (χ2n) is 4.53. The zero-order valence-electron chi connectivity index (χ0n) is 11.5. The molecule has 0 aliphatic heterocycles. The Morgan fingerprint density at radius 3 is 2.35 bits per heavy atom. The fourth-order valence-corrected chi connectivity index (χ4v) is 2.84. The molecule has 122 valence electrons. The highest BCUT2D eigenvalue weighted by Gasteiger charge is 2.22. The number of halogens is 3. The summed E-state index contributed by atoms with van der Waals surface area (Å²) < 4.78 is 65.4. The molecule has 0 saturated heterocycles. The van der Waals surface area contributed by atoms with Gasteiger partial charge in [-0.25, -0.2) is 21.6 Å². The van der Waals surface area contributed by atoms with Gasteiger partial charge < -0.3 is 0 Å². The fourth-order valence-electron chi connectivity index (χ4n) is 1.76. The molecule has 10 heteroatoms. The molecule has 0 heterocycles. The Kier molecular flexibility index (Phi) is 4.28. The third-order valence-corrected chi connectivity index (χ3v) is 4.33. The molecule has 23 heavy (non-hydrogen) atoms. The molecule has 0 radical (unpaired) electrons. The van der Waals surface area contributed by atoms with Crippen LogP contribution < -0.4 is 4.72 Å². The van der Waals surface area contributed by atoms with E-state index in [0.717, 1.165) is 12.1 Å². The third kappa shape index (κ3) is 3.26. The number of nitro benzene ring substituents is 1. The minimum Gasteiger partial charge on any atom is -0.277 e. The highest BCUT2D eigenvalue weighted by atomic mass is 32.2. The molecule has 0 aliphatic rings. The van der Waals surface area contributed by atoms with E-state index in [9.17, 15) is 31.7 Å². The van der Waals surface area contributed by atoms with Crippen molar-refractivity contribution >= 4 is 21.4 Å². The van der Waals surface area contributed by atoms with Crippen LogP contribution >= 0.6 is 0 Å². The summed E-state index contributed by atoms with van der Waals surface area (Å²) >= 11 is 0. The average molecular weight is 346 g/mol. The van der Waals surface area contributed by atoms with Gasteiger partial charge in [-0.15, -0.1) is 0 Å². The molecule has 2 aromatic rings. The quantitative estimate of drug-likeness (QED) is 0.523. The maximum absolute atomic E-state index is 13.5. The minimum atomic E-state index is -4.42. The van der Waals surface area contributed by atoms with E-state index in [0.29, 0.717) is 12.1 Å². The number of nitrogens with one attached hydrogen (secondary N) is 1. The zero-order chi connectivity index (χ0) is 17.4. The van der Waals surface area contributed by atoms with Gasteiger partial charge in [0.05, 0.1) is 15.5 Å². The van der Waals surface area contributed by atoms with Crippen LogP contribution in [-0.4, -0.2) is 13.3 Å². The maximum Gasteiger partial charge on any atom is 0.273 e. The number of rotatable bonds is 4. The fraction of sp³-hybridized carbons (Fsp3) is 0.0769. The Balaban J connectivity index is 2.46. The van der Waals surface area contributed by atoms with Gasteiger partial charge in [0, 0.05) is 11.6 Å². The van der Waals surface area contributed by atoms with Crippen LogP contribution in [0.5, 0.6) is 0 Å². The Labute approximate surface area is 128 Å². The third-order valence-electron chi connectivity index (χ3n) is 2.97. The topological polar surface area (TPSA) is 89.3 Å². The van der Waals surface area contributed by atoms with Crippen LogP contribution in [0.4, 0.5) is 24.5 Å². The van der Waals surface area contributed by atoms with Crippen molar-refractivity contribution in [2.24, 2.45) is 0 Å². The van der Waals surface area contributed by atoms with E-state index >= 15 is 0 Å². The number of nitrogens with zero attached hydrogens (tertiary/aromatic N) is 1. The molecule has 0 amide bonds. The summed E-state index contributed by atoms with van der Waals surface area (Å²) in [4.78, 5) is 9.55. The highest BCUT2D eigenvalue weighted by Crippen LogP contribution is 2.26. The molecule has 2 rings (SSSR count). The highest BCUT2D eigenvalue weighted by molar-refractivity contribution is 7.92. The van der Waals surface area contributed by atoms with Crippen LogP contribution in [-0.2, 0) is 10.0 Å². The van der Waals surface area contributed by atoms with E-state index in [4.69, 9.17) is 0 Å². The lowest BCUT2D eigenvalue weighted by atomic mass is 10.2. The molecule has 0 fully saturated rings. The number of hydrogen-bond acceptors (Lipinski definition) is 4. The lowest BCUT2D eigenvalue weighted by molar-refractivity contribution is -0.385. The normalized spacial score (nSPS) is 11.3. The van der Waals surface area contributed by atoms with Crippen LogP contribution in [0.2, 0.25) is 0 Å². The van der Waals surface area contributed by atoms with Gasteiger partial charge in [-0.3, -0.25) is 14.8 Å². The number of hydrogen-bond donors (Lipinski definition) is 1. The van der Waals surface area contributed by atoms with Crippen molar-refractivity contribution in [2.75, 3.05) is 4.72 Å². The lowest BCUT2D eigenvalue weighted by Crippen LogP contribution is -2.15. The molecule has 0 saturated carbocycles. The average Bonchev–Trinajstić information content (AvgIpc) is 2.48. The van der Waals surface area contributed by atoms with Gasteiger partial charge >= 0.3 is 0 Å². The molecule has 0 aromatic heterocycles. The number of nitro groups is 1. The van der Waals surface area contributed by atoms with E-state index in [1.165, 1.54) is 13.0 Å². The largest absolute Gasteiger partial charge is 0.277 e. The van der Waals surface area contributed by atoms with Crippen molar-refractivity contribution in [1.82, 2.24) is 0 Å². The molecule has 0 spiro atoms. The number of sulfonamides is 1. The summed E-state index contributed by atoms with van der Waals surface area (Å²) in [5.74, 6) is -5.02. The van der Waals surface area contributed by atoms with Crippen molar-refractivity contribution in [3.05, 3.63) is 63.5 Å². The lowest BCUT2D eigenvalue weighted by Gasteiger charge is -2.10. The summed E-state index contributed by atoms with van der Waals surface area (Å²) in [5, 5.41) is 10.8. The van der Waals surface area contributed by atoms with E-state index in [-0.39, 0.29) is 5.56 Å². The van der Waals surface area contributed by atoms with Crippen LogP contribution in [0.1, 0.15) is 5.56 Å². The Morgan fingerprint density at radius 1 is 1.09 bits per heavy atom. The molecule has 2 aromatic carbocycles. The number of benzene rings is 2. The molecule has 0 unspecified atom stereocenters. The number of aryl methyl sites for hydroxylation is 1. The van der Waals surface area contributed by atoms with Crippen molar-refractivity contribution < 1.29 is 26.5 Å². The molecule has 0 atom stereocenters. The van der Waals surface area contributed by atoms with Gasteiger partial charge in [-0.1, -0.05) is 6.07 Å². The summed E-state index contributed by atoms with van der Waals surface area (Å²) in [6, 6.07) is 4.31. The predicted octanol–water partition coefficient (Wildman–Crippen LogP) is 3.12. The zero-order valence-corrected chi connectivity index (χ0v) is 12.3. The first-order chi connectivity index (χ1) is 10.6. The molecular formula is C13H9F3N2O4S. The van der Waals surface area contributed by atoms with E-state index in [1.54, 1.807) is 4.72 Å². The van der Waals surface area contributed by atoms with Gasteiger partial charge in [0.1, 0.15) is 0 Å². The van der Waals surface area contributed by atoms with Crippen molar-refractivity contribution in [1.29, 1.82) is 0 Å². The van der Waals surface area contributed by atoms with Gasteiger partial charge in [0.25, 0.3) is 15.7 Å². The standard InChI is InChI=1S/C13H9F3N2O4S/c1-7-2-3-8(6-11(7)18(19)20)23(21,22)17-10-5-4-9(14)12(15)13(10)16/h2-6,17H,1H3. The molecular weight excluding hydrogens is 337 g/mol. The summed E-state index contributed by atoms with van der Waals surface area (Å²) in [6.07, 6.45) is 0. The van der Waals surface area contributed by atoms with Gasteiger partial charge in [-0.2, -0.15) is 0 Å². The second kappa shape index (κ2) is 5.88. The van der Waals surface area contributed by atoms with E-state index in [2.05, 4.69) is 0 Å². The number of anilines is 1. The molecule has 1 N–H and O–H groups in total. The predicted molar refractivity (Wildman–Crippen MR) is 75.0 cm³/mol. The second-order valence-corrected chi connectivity index (χ2v) is 6.22.